The Bertz CT molecular complexity index is 855. The van der Waals surface area contributed by atoms with Crippen molar-refractivity contribution in [2.45, 2.75) is 85.2 Å². The molecular formula is C23H33FN2O6. The molecule has 1 aromatic rings. The molecule has 1 atom stereocenters. The molecule has 0 bridgehead atoms. The van der Waals surface area contributed by atoms with Gasteiger partial charge in [0.25, 0.3) is 0 Å². The van der Waals surface area contributed by atoms with Gasteiger partial charge in [-0.1, -0.05) is 12.1 Å². The topological polar surface area (TPSA) is 111 Å². The summed E-state index contributed by atoms with van der Waals surface area (Å²) in [4.78, 5) is 48.7. The Morgan fingerprint density at radius 2 is 1.59 bits per heavy atom. The van der Waals surface area contributed by atoms with Gasteiger partial charge in [0.15, 0.2) is 5.78 Å². The van der Waals surface area contributed by atoms with Crippen molar-refractivity contribution in [2.75, 3.05) is 5.32 Å². The van der Waals surface area contributed by atoms with Crippen LogP contribution in [0.5, 0.6) is 0 Å². The number of esters is 1. The molecule has 9 heteroatoms. The summed E-state index contributed by atoms with van der Waals surface area (Å²) in [7, 11) is 0. The number of carbonyl (C=O) groups is 4. The van der Waals surface area contributed by atoms with Crippen LogP contribution in [0.1, 0.15) is 77.2 Å². The van der Waals surface area contributed by atoms with Gasteiger partial charge in [-0.2, -0.15) is 0 Å². The van der Waals surface area contributed by atoms with E-state index in [9.17, 15) is 23.6 Å². The lowest BCUT2D eigenvalue weighted by molar-refractivity contribution is -0.157. The lowest BCUT2D eigenvalue weighted by Crippen LogP contribution is -2.46. The number of alkyl carbamates (subject to hydrolysis) is 1. The van der Waals surface area contributed by atoms with E-state index in [2.05, 4.69) is 10.6 Å². The number of carbonyl (C=O) groups excluding carboxylic acids is 4. The Balaban J connectivity index is 2.91. The predicted octanol–water partition coefficient (Wildman–Crippen LogP) is 4.31. The van der Waals surface area contributed by atoms with E-state index >= 15 is 0 Å². The van der Waals surface area contributed by atoms with Crippen molar-refractivity contribution >= 4 is 29.4 Å². The van der Waals surface area contributed by atoms with Crippen LogP contribution in [-0.4, -0.2) is 41.0 Å². The first-order valence-electron chi connectivity index (χ1n) is 10.3. The van der Waals surface area contributed by atoms with Crippen molar-refractivity contribution < 1.29 is 33.0 Å². The number of alkyl halides is 1. The van der Waals surface area contributed by atoms with Gasteiger partial charge in [-0.15, -0.1) is 0 Å². The summed E-state index contributed by atoms with van der Waals surface area (Å²) < 4.78 is 23.8. The monoisotopic (exact) mass is 452 g/mol. The van der Waals surface area contributed by atoms with Crippen molar-refractivity contribution in [3.05, 3.63) is 29.3 Å². The maximum absolute atomic E-state index is 13.3. The summed E-state index contributed by atoms with van der Waals surface area (Å²) in [6, 6.07) is 3.19. The molecule has 0 heterocycles. The maximum atomic E-state index is 13.3. The Hall–Kier alpha value is -2.97. The van der Waals surface area contributed by atoms with Crippen LogP contribution < -0.4 is 10.6 Å². The Labute approximate surface area is 188 Å². The largest absolute Gasteiger partial charge is 0.458 e. The van der Waals surface area contributed by atoms with Crippen LogP contribution in [0.4, 0.5) is 14.9 Å². The molecule has 1 rings (SSSR count). The third-order valence-corrected chi connectivity index (χ3v) is 3.98. The average molecular weight is 453 g/mol. The van der Waals surface area contributed by atoms with Crippen LogP contribution in [0.3, 0.4) is 0 Å². The number of amides is 2. The number of halogens is 1. The van der Waals surface area contributed by atoms with Crippen LogP contribution >= 0.6 is 0 Å². The summed E-state index contributed by atoms with van der Waals surface area (Å²) in [5.41, 5.74) is -0.838. The van der Waals surface area contributed by atoms with Gasteiger partial charge in [-0.3, -0.25) is 9.59 Å². The van der Waals surface area contributed by atoms with Gasteiger partial charge < -0.3 is 20.1 Å². The number of ether oxygens (including phenoxy) is 2. The van der Waals surface area contributed by atoms with Crippen molar-refractivity contribution in [1.82, 2.24) is 5.32 Å². The molecular weight excluding hydrogens is 419 g/mol. The van der Waals surface area contributed by atoms with E-state index in [-0.39, 0.29) is 29.9 Å². The van der Waals surface area contributed by atoms with E-state index in [1.807, 2.05) is 0 Å². The second-order valence-electron chi connectivity index (χ2n) is 9.38. The van der Waals surface area contributed by atoms with Gasteiger partial charge in [-0.05, 0) is 61.0 Å². The van der Waals surface area contributed by atoms with Crippen LogP contribution in [0.15, 0.2) is 18.2 Å². The predicted molar refractivity (Wildman–Crippen MR) is 118 cm³/mol. The van der Waals surface area contributed by atoms with E-state index in [4.69, 9.17) is 9.47 Å². The van der Waals surface area contributed by atoms with Crippen molar-refractivity contribution in [3.63, 3.8) is 0 Å². The van der Waals surface area contributed by atoms with Gasteiger partial charge in [0.2, 0.25) is 5.91 Å². The Kier molecular flexibility index (Phi) is 9.35. The molecule has 0 fully saturated rings. The molecule has 1 aromatic carbocycles. The fourth-order valence-electron chi connectivity index (χ4n) is 2.59. The zero-order valence-corrected chi connectivity index (χ0v) is 19.8. The SMILES string of the molecule is CC(=O)c1ccc(CF)c(NC(=O)CC[C@H](NC(=O)OC(C)(C)C)C(=O)OC(C)(C)C)c1. The summed E-state index contributed by atoms with van der Waals surface area (Å²) in [6.07, 6.45) is -1.06. The molecule has 8 nitrogen and oxygen atoms in total. The molecule has 32 heavy (non-hydrogen) atoms. The smallest absolute Gasteiger partial charge is 0.408 e. The Morgan fingerprint density at radius 3 is 2.09 bits per heavy atom. The number of Topliss-reactive ketones (excluding diaryl/α,β-unsaturated/α-hetero) is 1. The first kappa shape index (κ1) is 27.1. The average Bonchev–Trinajstić information content (AvgIpc) is 2.61. The number of hydrogen-bond acceptors (Lipinski definition) is 6. The van der Waals surface area contributed by atoms with Gasteiger partial charge in [0, 0.05) is 23.2 Å². The van der Waals surface area contributed by atoms with Gasteiger partial charge in [-0.25, -0.2) is 14.0 Å². The van der Waals surface area contributed by atoms with E-state index in [0.29, 0.717) is 5.56 Å². The molecule has 0 aliphatic carbocycles. The summed E-state index contributed by atoms with van der Waals surface area (Å²) in [5.74, 6) is -1.45. The van der Waals surface area contributed by atoms with Crippen LogP contribution in [0.2, 0.25) is 0 Å². The molecule has 0 saturated heterocycles. The van der Waals surface area contributed by atoms with Crippen LogP contribution in [0, 0.1) is 0 Å². The summed E-state index contributed by atoms with van der Waals surface area (Å²) in [5, 5.41) is 5.00. The molecule has 0 unspecified atom stereocenters. The minimum absolute atomic E-state index is 0.0721. The second-order valence-corrected chi connectivity index (χ2v) is 9.38. The number of benzene rings is 1. The highest BCUT2D eigenvalue weighted by Crippen LogP contribution is 2.20. The standard InChI is InChI=1S/C23H33FN2O6/c1-14(27)15-8-9-16(13-24)18(12-15)25-19(28)11-10-17(20(29)31-22(2,3)4)26-21(30)32-23(5,6)7/h8-9,12,17H,10-11,13H2,1-7H3,(H,25,28)(H,26,30)/t17-/m0/s1. The molecule has 0 aliphatic heterocycles. The molecule has 0 radical (unpaired) electrons. The van der Waals surface area contributed by atoms with Crippen LogP contribution in [0.25, 0.3) is 0 Å². The number of hydrogen-bond donors (Lipinski definition) is 2. The minimum atomic E-state index is -1.13. The fourth-order valence-corrected chi connectivity index (χ4v) is 2.59. The van der Waals surface area contributed by atoms with Crippen LogP contribution in [-0.2, 0) is 25.7 Å². The summed E-state index contributed by atoms with van der Waals surface area (Å²) in [6.45, 7) is 10.6. The lowest BCUT2D eigenvalue weighted by atomic mass is 10.1. The minimum Gasteiger partial charge on any atom is -0.458 e. The van der Waals surface area contributed by atoms with Gasteiger partial charge >= 0.3 is 12.1 Å². The molecule has 0 aromatic heterocycles. The quantitative estimate of drug-likeness (QED) is 0.449. The zero-order valence-electron chi connectivity index (χ0n) is 19.8. The number of ketones is 1. The van der Waals surface area contributed by atoms with E-state index in [0.717, 1.165) is 0 Å². The van der Waals surface area contributed by atoms with Crippen molar-refractivity contribution in [1.29, 1.82) is 0 Å². The fraction of sp³-hybridized carbons (Fsp3) is 0.565. The van der Waals surface area contributed by atoms with E-state index in [1.54, 1.807) is 41.5 Å². The summed E-state index contributed by atoms with van der Waals surface area (Å²) >= 11 is 0. The molecule has 0 saturated carbocycles. The molecule has 2 N–H and O–H groups in total. The lowest BCUT2D eigenvalue weighted by Gasteiger charge is -2.26. The molecule has 0 aliphatic rings. The van der Waals surface area contributed by atoms with E-state index < -0.39 is 41.9 Å². The Morgan fingerprint density at radius 1 is 1.00 bits per heavy atom. The molecule has 2 amide bonds. The van der Waals surface area contributed by atoms with Gasteiger partial charge in [0.05, 0.1) is 0 Å². The molecule has 0 spiro atoms. The van der Waals surface area contributed by atoms with E-state index in [1.165, 1.54) is 25.1 Å². The first-order valence-corrected chi connectivity index (χ1v) is 10.3. The van der Waals surface area contributed by atoms with Crippen molar-refractivity contribution in [2.24, 2.45) is 0 Å². The molecule has 178 valence electrons. The number of rotatable bonds is 8. The highest BCUT2D eigenvalue weighted by atomic mass is 19.1. The zero-order chi connectivity index (χ0) is 24.7. The van der Waals surface area contributed by atoms with Crippen molar-refractivity contribution in [3.8, 4) is 0 Å². The third-order valence-electron chi connectivity index (χ3n) is 3.98. The van der Waals surface area contributed by atoms with Gasteiger partial charge in [0.1, 0.15) is 23.9 Å². The third kappa shape index (κ3) is 9.89. The maximum Gasteiger partial charge on any atom is 0.408 e. The number of nitrogens with one attached hydrogen (secondary N) is 2. The second kappa shape index (κ2) is 11.1. The number of anilines is 1. The normalized spacial score (nSPS) is 12.5. The first-order chi connectivity index (χ1) is 14.6. The highest BCUT2D eigenvalue weighted by molar-refractivity contribution is 5.97. The highest BCUT2D eigenvalue weighted by Gasteiger charge is 2.29.